The summed E-state index contributed by atoms with van der Waals surface area (Å²) in [6.07, 6.45) is -1.75. The molecule has 0 heterocycles. The molecular weight excluding hydrogens is 491 g/mol. The smallest absolute Gasteiger partial charge is 0.255 e. The minimum atomic E-state index is -2.97. The van der Waals surface area contributed by atoms with Crippen LogP contribution >= 0.6 is 24.0 Å². The highest BCUT2D eigenvalue weighted by Gasteiger charge is 2.68. The zero-order chi connectivity index (χ0) is 24.7. The summed E-state index contributed by atoms with van der Waals surface area (Å²) in [6, 6.07) is 1.08. The number of benzene rings is 1. The van der Waals surface area contributed by atoms with Crippen molar-refractivity contribution >= 4 is 52.8 Å². The van der Waals surface area contributed by atoms with Gasteiger partial charge in [-0.1, -0.05) is 18.2 Å². The molecule has 0 aromatic heterocycles. The molecule has 3 aliphatic carbocycles. The summed E-state index contributed by atoms with van der Waals surface area (Å²) < 4.78 is 0. The number of phenols is 1. The van der Waals surface area contributed by atoms with Gasteiger partial charge in [-0.15, -0.1) is 12.4 Å². The second kappa shape index (κ2) is 8.10. The van der Waals surface area contributed by atoms with E-state index >= 15 is 0 Å². The van der Waals surface area contributed by atoms with E-state index in [-0.39, 0.29) is 34.1 Å². The lowest BCUT2D eigenvalue weighted by Gasteiger charge is -2.52. The molecule has 12 heteroatoms. The first-order valence-electron chi connectivity index (χ1n) is 9.81. The number of halogens is 2. The fourth-order valence-electron chi connectivity index (χ4n) is 5.26. The number of ketones is 2. The zero-order valence-electron chi connectivity index (χ0n) is 17.9. The van der Waals surface area contributed by atoms with Gasteiger partial charge in [-0.2, -0.15) is 0 Å². The van der Waals surface area contributed by atoms with Crippen LogP contribution in [-0.4, -0.2) is 79.7 Å². The second-order valence-electron chi connectivity index (χ2n) is 8.55. The number of phenolic OH excluding ortho intramolecular Hbond substituents is 1. The van der Waals surface area contributed by atoms with Gasteiger partial charge in [0, 0.05) is 16.5 Å². The molecule has 0 spiro atoms. The molecule has 182 valence electrons. The predicted octanol–water partition coefficient (Wildman–Crippen LogP) is 0.481. The minimum Gasteiger partial charge on any atom is -0.508 e. The number of amides is 1. The van der Waals surface area contributed by atoms with Gasteiger partial charge in [0.05, 0.1) is 29.2 Å². The molecule has 1 amide bonds. The van der Waals surface area contributed by atoms with Crippen LogP contribution in [0, 0.1) is 11.8 Å². The van der Waals surface area contributed by atoms with E-state index in [1.807, 2.05) is 0 Å². The number of aromatic hydroxyl groups is 1. The van der Waals surface area contributed by atoms with Gasteiger partial charge >= 0.3 is 0 Å². The zero-order valence-corrected chi connectivity index (χ0v) is 19.5. The van der Waals surface area contributed by atoms with Crippen LogP contribution in [0.15, 0.2) is 35.6 Å². The van der Waals surface area contributed by atoms with Gasteiger partial charge in [0.1, 0.15) is 22.8 Å². The van der Waals surface area contributed by atoms with Crippen molar-refractivity contribution in [3.05, 3.63) is 51.8 Å². The van der Waals surface area contributed by atoms with Crippen LogP contribution in [-0.2, 0) is 14.4 Å². The Hall–Kier alpha value is -2.89. The minimum absolute atomic E-state index is 0. The number of nitrogens with zero attached hydrogens (tertiary/aromatic N) is 1. The molecule has 1 aromatic carbocycles. The van der Waals surface area contributed by atoms with E-state index in [1.165, 1.54) is 31.1 Å². The van der Waals surface area contributed by atoms with Gasteiger partial charge in [0.15, 0.2) is 11.4 Å². The molecular formula is C22H22Cl2N2O8. The lowest BCUT2D eigenvalue weighted by Crippen LogP contribution is -2.70. The van der Waals surface area contributed by atoms with E-state index in [9.17, 15) is 39.9 Å². The van der Waals surface area contributed by atoms with E-state index in [4.69, 9.17) is 17.3 Å². The number of carbonyl (C=O) groups excluding carboxylic acids is 3. The lowest BCUT2D eigenvalue weighted by molar-refractivity contribution is -0.166. The fourth-order valence-corrected chi connectivity index (χ4v) is 5.54. The number of Topliss-reactive ketones (excluding diaryl/α,β-unsaturated/α-hetero) is 2. The molecule has 1 saturated carbocycles. The number of hydrogen-bond acceptors (Lipinski definition) is 9. The highest BCUT2D eigenvalue weighted by molar-refractivity contribution is 6.33. The molecule has 1 aromatic rings. The Morgan fingerprint density at radius 1 is 1.18 bits per heavy atom. The standard InChI is InChI=1S/C22H21ClN2O8.ClH/c1-6-9-7(23)4-5-8(26)11(9)16(27)12-10(6)17(28)14-15(25(2)3)18(29)13(21(24)32)20(31)22(14,33)19(12)30;/h4-5,10,14-15,17,26-28,31,33H,1H2,2-3H3,(H2,24,32);1H/t10-,14+,15+,17+,22+;/m1./s1. The molecule has 0 bridgehead atoms. The average molecular weight is 513 g/mol. The van der Waals surface area contributed by atoms with E-state index in [0.29, 0.717) is 0 Å². The fraction of sp³-hybridized carbons (Fsp3) is 0.318. The van der Waals surface area contributed by atoms with Crippen LogP contribution in [0.4, 0.5) is 0 Å². The summed E-state index contributed by atoms with van der Waals surface area (Å²) in [7, 11) is 2.84. The predicted molar refractivity (Wildman–Crippen MR) is 123 cm³/mol. The molecule has 4 rings (SSSR count). The van der Waals surface area contributed by atoms with E-state index in [1.54, 1.807) is 0 Å². The van der Waals surface area contributed by atoms with E-state index < -0.39 is 75.5 Å². The van der Waals surface area contributed by atoms with Gasteiger partial charge in [-0.3, -0.25) is 19.3 Å². The third-order valence-corrected chi connectivity index (χ3v) is 6.99. The number of nitrogens with two attached hydrogens (primary N) is 1. The molecule has 0 unspecified atom stereocenters. The Labute approximate surface area is 204 Å². The summed E-state index contributed by atoms with van der Waals surface area (Å²) in [4.78, 5) is 39.9. The van der Waals surface area contributed by atoms with E-state index in [0.717, 1.165) is 0 Å². The molecule has 34 heavy (non-hydrogen) atoms. The third kappa shape index (κ3) is 2.96. The van der Waals surface area contributed by atoms with Crippen molar-refractivity contribution in [1.29, 1.82) is 0 Å². The molecule has 3 aliphatic rings. The molecule has 10 nitrogen and oxygen atoms in total. The number of likely N-dealkylation sites (N-methyl/N-ethyl adjacent to an activating group) is 1. The first-order valence-corrected chi connectivity index (χ1v) is 10.2. The number of fused-ring (bicyclic) bond motifs is 3. The number of hydrogen-bond donors (Lipinski definition) is 6. The maximum absolute atomic E-state index is 13.7. The first-order chi connectivity index (χ1) is 15.3. The van der Waals surface area contributed by atoms with Gasteiger partial charge in [0.25, 0.3) is 5.91 Å². The summed E-state index contributed by atoms with van der Waals surface area (Å²) in [5, 5.41) is 55.0. The van der Waals surface area contributed by atoms with Crippen LogP contribution < -0.4 is 5.73 Å². The van der Waals surface area contributed by atoms with Gasteiger partial charge in [-0.05, 0) is 31.8 Å². The van der Waals surface area contributed by atoms with Crippen LogP contribution in [0.1, 0.15) is 11.1 Å². The van der Waals surface area contributed by atoms with Crippen molar-refractivity contribution in [2.24, 2.45) is 17.6 Å². The second-order valence-corrected chi connectivity index (χ2v) is 8.96. The van der Waals surface area contributed by atoms with Gasteiger partial charge in [0.2, 0.25) is 5.78 Å². The van der Waals surface area contributed by atoms with Crippen molar-refractivity contribution in [2.45, 2.75) is 17.7 Å². The monoisotopic (exact) mass is 512 g/mol. The highest BCUT2D eigenvalue weighted by Crippen LogP contribution is 2.56. The number of aliphatic hydroxyl groups excluding tert-OH is 3. The number of aliphatic hydroxyl groups is 4. The van der Waals surface area contributed by atoms with Gasteiger partial charge < -0.3 is 31.3 Å². The van der Waals surface area contributed by atoms with Crippen molar-refractivity contribution in [3.8, 4) is 5.75 Å². The first kappa shape index (κ1) is 25.7. The van der Waals surface area contributed by atoms with Gasteiger partial charge in [-0.25, -0.2) is 0 Å². The number of carbonyl (C=O) groups is 3. The largest absolute Gasteiger partial charge is 0.508 e. The summed E-state index contributed by atoms with van der Waals surface area (Å²) in [6.45, 7) is 3.89. The van der Waals surface area contributed by atoms with Crippen LogP contribution in [0.5, 0.6) is 5.75 Å². The number of primary amides is 1. The third-order valence-electron chi connectivity index (χ3n) is 6.67. The van der Waals surface area contributed by atoms with Crippen LogP contribution in [0.3, 0.4) is 0 Å². The van der Waals surface area contributed by atoms with Crippen LogP contribution in [0.25, 0.3) is 11.3 Å². The molecule has 1 fully saturated rings. The Morgan fingerprint density at radius 3 is 2.29 bits per heavy atom. The normalized spacial score (nSPS) is 30.6. The molecule has 5 atom stereocenters. The van der Waals surface area contributed by atoms with Crippen molar-refractivity contribution in [3.63, 3.8) is 0 Å². The lowest BCUT2D eigenvalue weighted by atomic mass is 9.55. The summed E-state index contributed by atoms with van der Waals surface area (Å²) in [5.74, 6) is -9.18. The quantitative estimate of drug-likeness (QED) is 0.307. The highest BCUT2D eigenvalue weighted by atomic mass is 35.5. The molecule has 0 radical (unpaired) electrons. The summed E-state index contributed by atoms with van der Waals surface area (Å²) >= 11 is 6.25. The molecule has 7 N–H and O–H groups in total. The number of rotatable bonds is 2. The molecule has 0 saturated heterocycles. The molecule has 0 aliphatic heterocycles. The topological polar surface area (TPSA) is 182 Å². The summed E-state index contributed by atoms with van der Waals surface area (Å²) in [5.41, 5.74) is 0.634. The maximum Gasteiger partial charge on any atom is 0.255 e. The Balaban J connectivity index is 0.00000324. The Morgan fingerprint density at radius 2 is 1.76 bits per heavy atom. The van der Waals surface area contributed by atoms with Crippen molar-refractivity contribution in [1.82, 2.24) is 4.90 Å². The average Bonchev–Trinajstić information content (AvgIpc) is 2.72. The Kier molecular flexibility index (Phi) is 6.13. The maximum atomic E-state index is 13.7. The van der Waals surface area contributed by atoms with Crippen molar-refractivity contribution in [2.75, 3.05) is 14.1 Å². The van der Waals surface area contributed by atoms with Crippen molar-refractivity contribution < 1.29 is 39.9 Å². The van der Waals surface area contributed by atoms with Crippen LogP contribution in [0.2, 0.25) is 5.02 Å². The van der Waals surface area contributed by atoms with E-state index in [2.05, 4.69) is 6.58 Å². The SMILES string of the molecule is C=C1c2c(Cl)ccc(O)c2C(O)=C2C(=O)[C@]3(O)C(O)=C(C(N)=O)C(=O)[C@@H](N(C)C)[C@H]3[C@@H](O)[C@H]12.Cl. The Bertz CT molecular complexity index is 1240.